The number of sulfonamides is 1. The summed E-state index contributed by atoms with van der Waals surface area (Å²) >= 11 is 3.44. The highest BCUT2D eigenvalue weighted by atomic mass is 32.2. The van der Waals surface area contributed by atoms with E-state index in [0.717, 1.165) is 12.0 Å². The maximum absolute atomic E-state index is 13.4. The van der Waals surface area contributed by atoms with Crippen LogP contribution in [0, 0.1) is 0 Å². The Labute approximate surface area is 191 Å². The van der Waals surface area contributed by atoms with Gasteiger partial charge in [-0.2, -0.15) is 0 Å². The largest absolute Gasteiger partial charge is 0.329 e. The second-order valence-electron chi connectivity index (χ2n) is 7.76. The Morgan fingerprint density at radius 3 is 2.58 bits per heavy atom. The zero-order chi connectivity index (χ0) is 22.2. The van der Waals surface area contributed by atoms with Crippen LogP contribution in [0.25, 0.3) is 0 Å². The minimum Gasteiger partial charge on any atom is -0.329 e. The van der Waals surface area contributed by atoms with Gasteiger partial charge >= 0.3 is 0 Å². The van der Waals surface area contributed by atoms with Crippen LogP contribution in [0.1, 0.15) is 39.9 Å². The van der Waals surface area contributed by atoms with E-state index in [1.165, 1.54) is 27.5 Å². The van der Waals surface area contributed by atoms with Crippen LogP contribution in [-0.4, -0.2) is 44.3 Å². The highest BCUT2D eigenvalue weighted by Crippen LogP contribution is 2.39. The van der Waals surface area contributed by atoms with Crippen LogP contribution in [0.15, 0.2) is 58.1 Å². The summed E-state index contributed by atoms with van der Waals surface area (Å²) in [5.74, 6) is 0.0887. The molecule has 0 bridgehead atoms. The van der Waals surface area contributed by atoms with Crippen molar-refractivity contribution in [3.8, 4) is 0 Å². The second kappa shape index (κ2) is 8.84. The summed E-state index contributed by atoms with van der Waals surface area (Å²) in [4.78, 5) is 20.0. The molecular weight excluding hydrogens is 450 g/mol. The molecule has 6 nitrogen and oxygen atoms in total. The molecule has 1 aliphatic rings. The molecule has 0 saturated carbocycles. The number of benzene rings is 1. The lowest BCUT2D eigenvalue weighted by Crippen LogP contribution is -2.44. The van der Waals surface area contributed by atoms with E-state index in [9.17, 15) is 13.2 Å². The summed E-state index contributed by atoms with van der Waals surface area (Å²) in [7, 11) is -1.81. The SMILES string of the molecule is C[C@@H](c1ccc(S(N)(=O)=O)cc1)N(C)CC(=O)N1CCc2sccc2[C@@H]1c1cccs1. The Balaban J connectivity index is 1.50. The number of hydrogen-bond acceptors (Lipinski definition) is 6. The highest BCUT2D eigenvalue weighted by molar-refractivity contribution is 7.89. The molecule has 2 aromatic heterocycles. The first kappa shape index (κ1) is 22.2. The van der Waals surface area contributed by atoms with Crippen LogP contribution in [0.5, 0.6) is 0 Å². The molecule has 4 rings (SSSR count). The third-order valence-corrected chi connectivity index (χ3v) is 8.69. The zero-order valence-electron chi connectivity index (χ0n) is 17.4. The van der Waals surface area contributed by atoms with Gasteiger partial charge in [-0.15, -0.1) is 22.7 Å². The first-order valence-corrected chi connectivity index (χ1v) is 13.3. The van der Waals surface area contributed by atoms with Crippen molar-refractivity contribution in [2.45, 2.75) is 30.3 Å². The molecule has 2 atom stereocenters. The molecule has 3 heterocycles. The number of carbonyl (C=O) groups excluding carboxylic acids is 1. The number of rotatable bonds is 6. The molecular formula is C22H25N3O3S3. The van der Waals surface area contributed by atoms with Crippen molar-refractivity contribution in [3.05, 3.63) is 74.1 Å². The molecule has 1 aliphatic heterocycles. The van der Waals surface area contributed by atoms with E-state index < -0.39 is 10.0 Å². The van der Waals surface area contributed by atoms with Crippen molar-refractivity contribution in [2.24, 2.45) is 5.14 Å². The van der Waals surface area contributed by atoms with Crippen molar-refractivity contribution in [1.29, 1.82) is 0 Å². The Bertz CT molecular complexity index is 1150. The van der Waals surface area contributed by atoms with E-state index in [2.05, 4.69) is 22.9 Å². The fraction of sp³-hybridized carbons (Fsp3) is 0.318. The van der Waals surface area contributed by atoms with E-state index in [1.807, 2.05) is 29.8 Å². The van der Waals surface area contributed by atoms with Crippen LogP contribution < -0.4 is 5.14 Å². The minimum atomic E-state index is -3.72. The third kappa shape index (κ3) is 4.61. The van der Waals surface area contributed by atoms with Gasteiger partial charge in [0.05, 0.1) is 17.5 Å². The molecule has 0 unspecified atom stereocenters. The number of amides is 1. The lowest BCUT2D eigenvalue weighted by molar-refractivity contribution is -0.134. The van der Waals surface area contributed by atoms with Gasteiger partial charge in [-0.3, -0.25) is 9.69 Å². The molecule has 0 spiro atoms. The van der Waals surface area contributed by atoms with Gasteiger partial charge in [0.2, 0.25) is 15.9 Å². The minimum absolute atomic E-state index is 0.0275. The summed E-state index contributed by atoms with van der Waals surface area (Å²) in [6.45, 7) is 2.99. The van der Waals surface area contributed by atoms with E-state index in [-0.39, 0.29) is 29.4 Å². The molecule has 31 heavy (non-hydrogen) atoms. The standard InChI is InChI=1S/C22H25N3O3S3/c1-15(16-5-7-17(8-6-16)31(23,27)28)24(2)14-21(26)25-11-9-19-18(10-13-30-19)22(25)20-4-3-12-29-20/h3-8,10,12-13,15,22H,9,11,14H2,1-2H3,(H2,23,27,28)/t15-,22+/m0/s1. The fourth-order valence-corrected chi connectivity index (χ4v) is 6.24. The van der Waals surface area contributed by atoms with Gasteiger partial charge in [-0.05, 0) is 66.5 Å². The van der Waals surface area contributed by atoms with Gasteiger partial charge in [-0.1, -0.05) is 18.2 Å². The van der Waals surface area contributed by atoms with Crippen molar-refractivity contribution in [1.82, 2.24) is 9.80 Å². The monoisotopic (exact) mass is 475 g/mol. The summed E-state index contributed by atoms with van der Waals surface area (Å²) < 4.78 is 23.0. The van der Waals surface area contributed by atoms with Gasteiger partial charge in [-0.25, -0.2) is 13.6 Å². The number of nitrogens with two attached hydrogens (primary N) is 1. The summed E-state index contributed by atoms with van der Waals surface area (Å²) in [6.07, 6.45) is 0.884. The van der Waals surface area contributed by atoms with Crippen molar-refractivity contribution in [2.75, 3.05) is 20.1 Å². The Morgan fingerprint density at radius 1 is 1.19 bits per heavy atom. The van der Waals surface area contributed by atoms with Crippen LogP contribution in [0.4, 0.5) is 0 Å². The first-order chi connectivity index (χ1) is 14.8. The second-order valence-corrected chi connectivity index (χ2v) is 11.3. The number of primary sulfonamides is 1. The van der Waals surface area contributed by atoms with E-state index in [0.29, 0.717) is 6.54 Å². The lowest BCUT2D eigenvalue weighted by Gasteiger charge is -2.37. The molecule has 0 fully saturated rings. The zero-order valence-corrected chi connectivity index (χ0v) is 19.8. The van der Waals surface area contributed by atoms with Gasteiger partial charge in [0.1, 0.15) is 0 Å². The summed E-state index contributed by atoms with van der Waals surface area (Å²) in [6, 6.07) is 12.7. The average molecular weight is 476 g/mol. The van der Waals surface area contributed by atoms with Crippen molar-refractivity contribution in [3.63, 3.8) is 0 Å². The molecule has 0 aliphatic carbocycles. The molecule has 2 N–H and O–H groups in total. The van der Waals surface area contributed by atoms with E-state index in [1.54, 1.807) is 34.8 Å². The molecule has 1 amide bonds. The van der Waals surface area contributed by atoms with Gasteiger partial charge < -0.3 is 4.90 Å². The molecule has 9 heteroatoms. The summed E-state index contributed by atoms with van der Waals surface area (Å²) in [5.41, 5.74) is 2.16. The maximum atomic E-state index is 13.4. The number of fused-ring (bicyclic) bond motifs is 1. The number of thiophene rings is 2. The molecule has 0 radical (unpaired) electrons. The molecule has 3 aromatic rings. The number of carbonyl (C=O) groups is 1. The smallest absolute Gasteiger partial charge is 0.238 e. The normalized spacial score (nSPS) is 17.5. The van der Waals surface area contributed by atoms with E-state index >= 15 is 0 Å². The predicted octanol–water partition coefficient (Wildman–Crippen LogP) is 3.62. The third-order valence-electron chi connectivity index (χ3n) is 5.84. The average Bonchev–Trinajstić information content (AvgIpc) is 3.43. The highest BCUT2D eigenvalue weighted by Gasteiger charge is 2.34. The topological polar surface area (TPSA) is 83.7 Å². The Hall–Kier alpha value is -2.04. The van der Waals surface area contributed by atoms with Crippen LogP contribution in [0.3, 0.4) is 0 Å². The maximum Gasteiger partial charge on any atom is 0.238 e. The first-order valence-electron chi connectivity index (χ1n) is 9.98. The number of likely N-dealkylation sites (N-methyl/N-ethyl adjacent to an activating group) is 1. The van der Waals surface area contributed by atoms with Crippen molar-refractivity contribution >= 4 is 38.6 Å². The van der Waals surface area contributed by atoms with Gasteiger partial charge in [0, 0.05) is 22.3 Å². The fourth-order valence-electron chi connectivity index (χ4n) is 3.97. The van der Waals surface area contributed by atoms with E-state index in [4.69, 9.17) is 5.14 Å². The van der Waals surface area contributed by atoms with Crippen molar-refractivity contribution < 1.29 is 13.2 Å². The van der Waals surface area contributed by atoms with Crippen LogP contribution >= 0.6 is 22.7 Å². The summed E-state index contributed by atoms with van der Waals surface area (Å²) in [5, 5.41) is 9.35. The van der Waals surface area contributed by atoms with Gasteiger partial charge in [0.15, 0.2) is 0 Å². The quantitative estimate of drug-likeness (QED) is 0.590. The van der Waals surface area contributed by atoms with Crippen LogP contribution in [-0.2, 0) is 21.2 Å². The molecule has 1 aromatic carbocycles. The van der Waals surface area contributed by atoms with Gasteiger partial charge in [0.25, 0.3) is 0 Å². The number of hydrogen-bond donors (Lipinski definition) is 1. The lowest BCUT2D eigenvalue weighted by atomic mass is 9.98. The Kier molecular flexibility index (Phi) is 6.32. The number of nitrogens with zero attached hydrogens (tertiary/aromatic N) is 2. The Morgan fingerprint density at radius 2 is 1.94 bits per heavy atom. The molecule has 0 saturated heterocycles. The van der Waals surface area contributed by atoms with Crippen LogP contribution in [0.2, 0.25) is 0 Å². The molecule has 164 valence electrons. The predicted molar refractivity (Wildman–Crippen MR) is 125 cm³/mol.